The molecule has 0 aromatic carbocycles. The predicted molar refractivity (Wildman–Crippen MR) is 205 cm³/mol. The Kier molecular flexibility index (Phi) is 10.2. The van der Waals surface area contributed by atoms with Gasteiger partial charge in [0.1, 0.15) is 0 Å². The molecule has 0 aromatic rings. The van der Waals surface area contributed by atoms with E-state index in [-0.39, 0.29) is 16.9 Å². The molecule has 9 unspecified atom stereocenters. The minimum atomic E-state index is -2.85. The first-order chi connectivity index (χ1) is 23.3. The molecule has 5 fully saturated rings. The molecule has 0 spiro atoms. The monoisotopic (exact) mass is 713 g/mol. The van der Waals surface area contributed by atoms with E-state index in [9.17, 15) is 13.2 Å². The van der Waals surface area contributed by atoms with Crippen LogP contribution in [0.5, 0.6) is 0 Å². The van der Waals surface area contributed by atoms with E-state index >= 15 is 0 Å². The summed E-state index contributed by atoms with van der Waals surface area (Å²) in [4.78, 5) is 14.7. The first-order valence-corrected chi connectivity index (χ1v) is 22.2. The number of nitrogens with one attached hydrogen (secondary N) is 1. The summed E-state index contributed by atoms with van der Waals surface area (Å²) >= 11 is 0. The maximum Gasteiger partial charge on any atom is 0.311 e. The molecule has 1 heterocycles. The standard InChI is InChI=1S/C43H72N2O4S/c1-30(2)32-16-21-43(44-24-25-45-26-28-50(47,48)29-27-45)23-22-41(8)33(36(32)43)13-14-35-40(7)19-15-31(12-11-18-38(3,4)37(46)49-10)39(5,6)34(40)17-20-42(35,41)9/h15,32-36,44H,1,11-14,16-29H2,2-10H3. The molecule has 284 valence electrons. The predicted octanol–water partition coefficient (Wildman–Crippen LogP) is 8.62. The van der Waals surface area contributed by atoms with Gasteiger partial charge in [0.2, 0.25) is 0 Å². The number of esters is 1. The summed E-state index contributed by atoms with van der Waals surface area (Å²) in [6.45, 7) is 27.4. The Morgan fingerprint density at radius 3 is 2.34 bits per heavy atom. The fraction of sp³-hybridized carbons (Fsp3) is 0.884. The Labute approximate surface area is 306 Å². The molecular weight excluding hydrogens is 641 g/mol. The zero-order valence-electron chi connectivity index (χ0n) is 33.4. The van der Waals surface area contributed by atoms with Crippen molar-refractivity contribution >= 4 is 15.8 Å². The van der Waals surface area contributed by atoms with Gasteiger partial charge in [0.15, 0.2) is 9.84 Å². The van der Waals surface area contributed by atoms with Gasteiger partial charge in [-0.3, -0.25) is 4.79 Å². The maximum atomic E-state index is 12.4. The number of fused-ring (bicyclic) bond motifs is 7. The zero-order chi connectivity index (χ0) is 36.5. The number of methoxy groups -OCH3 is 1. The van der Waals surface area contributed by atoms with Crippen molar-refractivity contribution in [2.75, 3.05) is 44.8 Å². The van der Waals surface area contributed by atoms with Crippen LogP contribution in [0.1, 0.15) is 132 Å². The van der Waals surface area contributed by atoms with Gasteiger partial charge in [-0.1, -0.05) is 58.4 Å². The highest BCUT2D eigenvalue weighted by molar-refractivity contribution is 7.91. The van der Waals surface area contributed by atoms with Gasteiger partial charge in [-0.2, -0.15) is 0 Å². The number of hydrogen-bond acceptors (Lipinski definition) is 6. The molecule has 1 aliphatic heterocycles. The Balaban J connectivity index is 1.20. The van der Waals surface area contributed by atoms with Crippen molar-refractivity contribution in [1.82, 2.24) is 10.2 Å². The van der Waals surface area contributed by atoms with Crippen molar-refractivity contribution in [3.63, 3.8) is 0 Å². The Bertz CT molecular complexity index is 1450. The van der Waals surface area contributed by atoms with E-state index in [0.29, 0.717) is 64.5 Å². The minimum absolute atomic E-state index is 0.0995. The lowest BCUT2D eigenvalue weighted by atomic mass is 9.33. The third-order valence-electron chi connectivity index (χ3n) is 17.1. The second-order valence-corrected chi connectivity index (χ2v) is 22.4. The van der Waals surface area contributed by atoms with Crippen LogP contribution < -0.4 is 5.32 Å². The molecule has 7 heteroatoms. The number of rotatable bonds is 10. The van der Waals surface area contributed by atoms with Gasteiger partial charge in [0, 0.05) is 31.7 Å². The molecule has 0 aromatic heterocycles. The summed E-state index contributed by atoms with van der Waals surface area (Å²) in [6, 6.07) is 0. The van der Waals surface area contributed by atoms with Crippen LogP contribution in [-0.2, 0) is 19.4 Å². The molecule has 0 bridgehead atoms. The van der Waals surface area contributed by atoms with E-state index in [1.165, 1.54) is 70.5 Å². The number of nitrogens with zero attached hydrogens (tertiary/aromatic N) is 1. The van der Waals surface area contributed by atoms with Gasteiger partial charge in [-0.05, 0) is 149 Å². The molecule has 5 aliphatic carbocycles. The van der Waals surface area contributed by atoms with Crippen molar-refractivity contribution in [2.45, 2.75) is 138 Å². The molecule has 6 rings (SSSR count). The van der Waals surface area contributed by atoms with Crippen molar-refractivity contribution in [3.05, 3.63) is 23.8 Å². The van der Waals surface area contributed by atoms with Crippen LogP contribution in [0.3, 0.4) is 0 Å². The Morgan fingerprint density at radius 2 is 1.68 bits per heavy atom. The average molecular weight is 713 g/mol. The molecule has 6 aliphatic rings. The number of carbonyl (C=O) groups excluding carboxylic acids is 1. The highest BCUT2D eigenvalue weighted by atomic mass is 32.2. The van der Waals surface area contributed by atoms with Crippen LogP contribution in [0.15, 0.2) is 23.8 Å². The van der Waals surface area contributed by atoms with E-state index in [2.05, 4.69) is 64.4 Å². The molecule has 0 amide bonds. The van der Waals surface area contributed by atoms with Gasteiger partial charge in [-0.15, -0.1) is 0 Å². The number of allylic oxidation sites excluding steroid dienone is 3. The fourth-order valence-corrected chi connectivity index (χ4v) is 15.4. The third kappa shape index (κ3) is 6.21. The Morgan fingerprint density at radius 1 is 0.980 bits per heavy atom. The van der Waals surface area contributed by atoms with Crippen molar-refractivity contribution < 1.29 is 17.9 Å². The van der Waals surface area contributed by atoms with Crippen LogP contribution in [0, 0.1) is 56.7 Å². The number of hydrogen-bond donors (Lipinski definition) is 1. The summed E-state index contributed by atoms with van der Waals surface area (Å²) in [7, 11) is -1.35. The van der Waals surface area contributed by atoms with Gasteiger partial charge in [0.05, 0.1) is 24.0 Å². The SMILES string of the molecule is C=C(C)C1CCC2(NCCN3CCS(=O)(=O)CC3)CCC3(C)C(CCC4C5(C)CC=C(CCCC(C)(C)C(=O)OC)C(C)(C)C5CCC43C)C12. The molecule has 9 atom stereocenters. The first kappa shape index (κ1) is 38.5. The average Bonchev–Trinajstić information content (AvgIpc) is 3.43. The molecule has 4 saturated carbocycles. The molecule has 0 radical (unpaired) electrons. The van der Waals surface area contributed by atoms with Gasteiger partial charge < -0.3 is 15.0 Å². The third-order valence-corrected chi connectivity index (χ3v) is 18.8. The lowest BCUT2D eigenvalue weighted by Gasteiger charge is -2.72. The molecule has 50 heavy (non-hydrogen) atoms. The minimum Gasteiger partial charge on any atom is -0.469 e. The van der Waals surface area contributed by atoms with Gasteiger partial charge >= 0.3 is 5.97 Å². The largest absolute Gasteiger partial charge is 0.469 e. The van der Waals surface area contributed by atoms with Crippen LogP contribution >= 0.6 is 0 Å². The first-order valence-electron chi connectivity index (χ1n) is 20.4. The fourth-order valence-electron chi connectivity index (χ4n) is 14.1. The van der Waals surface area contributed by atoms with E-state index in [1.807, 2.05) is 13.8 Å². The quantitative estimate of drug-likeness (QED) is 0.181. The van der Waals surface area contributed by atoms with Crippen LogP contribution in [-0.4, -0.2) is 69.6 Å². The van der Waals surface area contributed by atoms with E-state index < -0.39 is 15.3 Å². The van der Waals surface area contributed by atoms with Crippen LogP contribution in [0.4, 0.5) is 0 Å². The second-order valence-electron chi connectivity index (χ2n) is 20.1. The van der Waals surface area contributed by atoms with Crippen molar-refractivity contribution in [3.8, 4) is 0 Å². The Hall–Kier alpha value is -1.18. The molecule has 6 nitrogen and oxygen atoms in total. The lowest BCUT2D eigenvalue weighted by Crippen LogP contribution is -2.68. The number of ether oxygens (including phenoxy) is 1. The smallest absolute Gasteiger partial charge is 0.311 e. The van der Waals surface area contributed by atoms with Gasteiger partial charge in [-0.25, -0.2) is 8.42 Å². The van der Waals surface area contributed by atoms with E-state index in [1.54, 1.807) is 5.57 Å². The van der Waals surface area contributed by atoms with E-state index in [0.717, 1.165) is 38.3 Å². The highest BCUT2D eigenvalue weighted by Crippen LogP contribution is 2.76. The normalized spacial score (nSPS) is 42.3. The topological polar surface area (TPSA) is 75.7 Å². The molecule has 1 saturated heterocycles. The number of carbonyl (C=O) groups is 1. The van der Waals surface area contributed by atoms with Crippen molar-refractivity contribution in [2.24, 2.45) is 56.7 Å². The maximum absolute atomic E-state index is 12.4. The molecular formula is C43H72N2O4S. The van der Waals surface area contributed by atoms with E-state index in [4.69, 9.17) is 4.74 Å². The second kappa shape index (κ2) is 13.3. The zero-order valence-corrected chi connectivity index (χ0v) is 34.2. The molecule has 1 N–H and O–H groups in total. The van der Waals surface area contributed by atoms with Gasteiger partial charge in [0.25, 0.3) is 0 Å². The summed E-state index contributed by atoms with van der Waals surface area (Å²) in [5.74, 6) is 3.85. The summed E-state index contributed by atoms with van der Waals surface area (Å²) < 4.78 is 29.2. The number of sulfone groups is 1. The van der Waals surface area contributed by atoms with Crippen LogP contribution in [0.25, 0.3) is 0 Å². The lowest BCUT2D eigenvalue weighted by molar-refractivity contribution is -0.221. The summed E-state index contributed by atoms with van der Waals surface area (Å²) in [5, 5.41) is 4.22. The van der Waals surface area contributed by atoms with Crippen molar-refractivity contribution in [1.29, 1.82) is 0 Å². The summed E-state index contributed by atoms with van der Waals surface area (Å²) in [5.41, 5.74) is 3.85. The highest BCUT2D eigenvalue weighted by Gasteiger charge is 2.70. The van der Waals surface area contributed by atoms with Crippen LogP contribution in [0.2, 0.25) is 0 Å². The summed E-state index contributed by atoms with van der Waals surface area (Å²) in [6.07, 6.45) is 17.2.